The Morgan fingerprint density at radius 2 is 1.90 bits per heavy atom. The quantitative estimate of drug-likeness (QED) is 0.730. The molecular weight excluding hydrogens is 289 g/mol. The molecule has 0 aliphatic heterocycles. The van der Waals surface area contributed by atoms with Crippen molar-refractivity contribution in [3.05, 3.63) is 47.8 Å². The Labute approximate surface area is 130 Å². The van der Waals surface area contributed by atoms with Gasteiger partial charge in [0, 0.05) is 18.8 Å². The van der Waals surface area contributed by atoms with Crippen LogP contribution in [0.4, 0.5) is 4.39 Å². The normalized spacial score (nSPS) is 12.8. The maximum atomic E-state index is 12.9. The van der Waals surface area contributed by atoms with E-state index in [2.05, 4.69) is 23.9 Å². The van der Waals surface area contributed by atoms with E-state index >= 15 is 0 Å². The predicted octanol–water partition coefficient (Wildman–Crippen LogP) is 3.71. The number of benzene rings is 1. The van der Waals surface area contributed by atoms with Crippen LogP contribution >= 0.6 is 11.6 Å². The van der Waals surface area contributed by atoms with Crippen LogP contribution in [0.2, 0.25) is 0 Å². The van der Waals surface area contributed by atoms with E-state index in [1.54, 1.807) is 6.33 Å². The van der Waals surface area contributed by atoms with E-state index in [4.69, 9.17) is 11.6 Å². The summed E-state index contributed by atoms with van der Waals surface area (Å²) < 4.78 is 14.9. The maximum absolute atomic E-state index is 12.9. The average Bonchev–Trinajstić information content (AvgIpc) is 2.87. The fraction of sp³-hybridized carbons (Fsp3) is 0.500. The molecule has 0 amide bonds. The van der Waals surface area contributed by atoms with Gasteiger partial charge in [-0.15, -0.1) is 11.6 Å². The first-order valence-corrected chi connectivity index (χ1v) is 7.79. The molecule has 5 heteroatoms. The van der Waals surface area contributed by atoms with Crippen molar-refractivity contribution >= 4 is 11.6 Å². The highest BCUT2D eigenvalue weighted by molar-refractivity contribution is 6.18. The first-order valence-electron chi connectivity index (χ1n) is 7.25. The standard InChI is InChI=1S/C16H21ClFN3/c1-12(2)10-21-16(19-11-20-21)8-14(9-17)7-13-3-5-15(18)6-4-13/h3-6,11-12,14H,7-10H2,1-2H3. The van der Waals surface area contributed by atoms with Crippen LogP contribution < -0.4 is 0 Å². The molecule has 0 N–H and O–H groups in total. The lowest BCUT2D eigenvalue weighted by Crippen LogP contribution is -2.16. The molecule has 114 valence electrons. The van der Waals surface area contributed by atoms with Crippen molar-refractivity contribution in [3.8, 4) is 0 Å². The molecular formula is C16H21ClFN3. The Morgan fingerprint density at radius 3 is 2.52 bits per heavy atom. The summed E-state index contributed by atoms with van der Waals surface area (Å²) in [4.78, 5) is 4.35. The zero-order valence-corrected chi connectivity index (χ0v) is 13.2. The van der Waals surface area contributed by atoms with Crippen LogP contribution in [0.25, 0.3) is 0 Å². The molecule has 1 unspecified atom stereocenters. The number of aromatic nitrogens is 3. The number of rotatable bonds is 7. The zero-order chi connectivity index (χ0) is 15.2. The van der Waals surface area contributed by atoms with Gasteiger partial charge < -0.3 is 0 Å². The highest BCUT2D eigenvalue weighted by Crippen LogP contribution is 2.16. The van der Waals surface area contributed by atoms with Crippen LogP contribution in [-0.2, 0) is 19.4 Å². The van der Waals surface area contributed by atoms with Gasteiger partial charge in [-0.05, 0) is 36.0 Å². The van der Waals surface area contributed by atoms with Crippen LogP contribution in [0.1, 0.15) is 25.2 Å². The summed E-state index contributed by atoms with van der Waals surface area (Å²) in [5.74, 6) is 2.10. The van der Waals surface area contributed by atoms with Gasteiger partial charge in [0.1, 0.15) is 18.0 Å². The largest absolute Gasteiger partial charge is 0.250 e. The fourth-order valence-corrected chi connectivity index (χ4v) is 2.56. The molecule has 0 bridgehead atoms. The Bertz CT molecular complexity index is 551. The molecule has 1 aromatic carbocycles. The Hall–Kier alpha value is -1.42. The highest BCUT2D eigenvalue weighted by atomic mass is 35.5. The Kier molecular flexibility index (Phi) is 5.74. The van der Waals surface area contributed by atoms with Gasteiger partial charge in [0.05, 0.1) is 0 Å². The molecule has 0 radical (unpaired) electrons. The SMILES string of the molecule is CC(C)Cn1ncnc1CC(CCl)Cc1ccc(F)cc1. The van der Waals surface area contributed by atoms with E-state index < -0.39 is 0 Å². The molecule has 2 aromatic rings. The number of alkyl halides is 1. The number of halogens is 2. The summed E-state index contributed by atoms with van der Waals surface area (Å²) >= 11 is 6.09. The van der Waals surface area contributed by atoms with Gasteiger partial charge >= 0.3 is 0 Å². The fourth-order valence-electron chi connectivity index (χ4n) is 2.34. The minimum absolute atomic E-state index is 0.210. The summed E-state index contributed by atoms with van der Waals surface area (Å²) in [5.41, 5.74) is 1.09. The van der Waals surface area contributed by atoms with Crippen molar-refractivity contribution < 1.29 is 4.39 Å². The minimum atomic E-state index is -0.210. The molecule has 21 heavy (non-hydrogen) atoms. The summed E-state index contributed by atoms with van der Waals surface area (Å²) in [5, 5.41) is 4.28. The lowest BCUT2D eigenvalue weighted by atomic mass is 9.97. The van der Waals surface area contributed by atoms with Crippen LogP contribution in [0, 0.1) is 17.7 Å². The van der Waals surface area contributed by atoms with Crippen molar-refractivity contribution in [3.63, 3.8) is 0 Å². The van der Waals surface area contributed by atoms with Gasteiger partial charge in [0.2, 0.25) is 0 Å². The summed E-state index contributed by atoms with van der Waals surface area (Å²) in [6, 6.07) is 6.60. The van der Waals surface area contributed by atoms with E-state index in [-0.39, 0.29) is 11.7 Å². The molecule has 0 aliphatic carbocycles. The molecule has 1 aromatic heterocycles. The van der Waals surface area contributed by atoms with Gasteiger partial charge in [-0.2, -0.15) is 5.10 Å². The van der Waals surface area contributed by atoms with Crippen molar-refractivity contribution in [1.82, 2.24) is 14.8 Å². The average molecular weight is 310 g/mol. The molecule has 0 saturated heterocycles. The van der Waals surface area contributed by atoms with Crippen molar-refractivity contribution in [2.45, 2.75) is 33.2 Å². The summed E-state index contributed by atoms with van der Waals surface area (Å²) in [6.07, 6.45) is 3.20. The number of nitrogens with zero attached hydrogens (tertiary/aromatic N) is 3. The van der Waals surface area contributed by atoms with Crippen LogP contribution in [0.5, 0.6) is 0 Å². The first kappa shape index (κ1) is 16.0. The van der Waals surface area contributed by atoms with Crippen molar-refractivity contribution in [1.29, 1.82) is 0 Å². The topological polar surface area (TPSA) is 30.7 Å². The number of hydrogen-bond acceptors (Lipinski definition) is 2. The van der Waals surface area contributed by atoms with Crippen LogP contribution in [0.15, 0.2) is 30.6 Å². The lowest BCUT2D eigenvalue weighted by Gasteiger charge is -2.15. The first-order chi connectivity index (χ1) is 10.1. The summed E-state index contributed by atoms with van der Waals surface area (Å²) in [7, 11) is 0. The molecule has 3 nitrogen and oxygen atoms in total. The maximum Gasteiger partial charge on any atom is 0.138 e. The van der Waals surface area contributed by atoms with Crippen molar-refractivity contribution in [2.24, 2.45) is 11.8 Å². The predicted molar refractivity (Wildman–Crippen MR) is 82.9 cm³/mol. The molecule has 1 atom stereocenters. The number of hydrogen-bond donors (Lipinski definition) is 0. The third kappa shape index (κ3) is 4.81. The molecule has 2 rings (SSSR count). The molecule has 1 heterocycles. The minimum Gasteiger partial charge on any atom is -0.250 e. The van der Waals surface area contributed by atoms with E-state index in [1.165, 1.54) is 12.1 Å². The third-order valence-corrected chi connectivity index (χ3v) is 3.80. The van der Waals surface area contributed by atoms with E-state index in [0.717, 1.165) is 30.8 Å². The Balaban J connectivity index is 2.02. The molecule has 0 fully saturated rings. The third-order valence-electron chi connectivity index (χ3n) is 3.36. The second-order valence-corrected chi connectivity index (χ2v) is 6.12. The van der Waals surface area contributed by atoms with Crippen molar-refractivity contribution in [2.75, 3.05) is 5.88 Å². The zero-order valence-electron chi connectivity index (χ0n) is 12.5. The monoisotopic (exact) mass is 309 g/mol. The van der Waals surface area contributed by atoms with Gasteiger partial charge in [-0.3, -0.25) is 0 Å². The van der Waals surface area contributed by atoms with Crippen LogP contribution in [-0.4, -0.2) is 20.6 Å². The molecule has 0 saturated carbocycles. The second kappa shape index (κ2) is 7.55. The van der Waals surface area contributed by atoms with E-state index in [0.29, 0.717) is 11.8 Å². The second-order valence-electron chi connectivity index (χ2n) is 5.81. The van der Waals surface area contributed by atoms with Crippen LogP contribution in [0.3, 0.4) is 0 Å². The molecule has 0 spiro atoms. The highest BCUT2D eigenvalue weighted by Gasteiger charge is 2.14. The van der Waals surface area contributed by atoms with Gasteiger partial charge in [-0.25, -0.2) is 14.1 Å². The molecule has 0 aliphatic rings. The van der Waals surface area contributed by atoms with Gasteiger partial charge in [-0.1, -0.05) is 26.0 Å². The lowest BCUT2D eigenvalue weighted by molar-refractivity contribution is 0.447. The Morgan fingerprint density at radius 1 is 1.19 bits per heavy atom. The van der Waals surface area contributed by atoms with Gasteiger partial charge in [0.25, 0.3) is 0 Å². The van der Waals surface area contributed by atoms with E-state index in [9.17, 15) is 4.39 Å². The van der Waals surface area contributed by atoms with Gasteiger partial charge in [0.15, 0.2) is 0 Å². The van der Waals surface area contributed by atoms with E-state index in [1.807, 2.05) is 16.8 Å². The smallest absolute Gasteiger partial charge is 0.138 e. The summed E-state index contributed by atoms with van der Waals surface area (Å²) in [6.45, 7) is 5.17.